The van der Waals surface area contributed by atoms with Gasteiger partial charge in [0, 0.05) is 11.6 Å². The molecule has 2 aromatic carbocycles. The molecule has 2 aromatic heterocycles. The van der Waals surface area contributed by atoms with Crippen LogP contribution in [0.4, 0.5) is 5.69 Å². The highest BCUT2D eigenvalue weighted by molar-refractivity contribution is 8.23. The maximum Gasteiger partial charge on any atom is 0.266 e. The van der Waals surface area contributed by atoms with Crippen LogP contribution in [0.25, 0.3) is 10.9 Å². The normalized spacial score (nSPS) is 15.6. The molecule has 4 aromatic rings. The van der Waals surface area contributed by atoms with E-state index < -0.39 is 16.3 Å². The van der Waals surface area contributed by atoms with E-state index in [0.29, 0.717) is 16.6 Å². The van der Waals surface area contributed by atoms with Crippen molar-refractivity contribution in [3.05, 3.63) is 94.4 Å². The summed E-state index contributed by atoms with van der Waals surface area (Å²) in [5, 5.41) is 14.3. The molecule has 0 bridgehead atoms. The fourth-order valence-electron chi connectivity index (χ4n) is 3.66. The number of pyridine rings is 2. The smallest absolute Gasteiger partial charge is 0.266 e. The van der Waals surface area contributed by atoms with Crippen molar-refractivity contribution >= 4 is 33.2 Å². The Bertz CT molecular complexity index is 1400. The van der Waals surface area contributed by atoms with Crippen LogP contribution in [-0.4, -0.2) is 29.6 Å². The first kappa shape index (κ1) is 19.3. The lowest BCUT2D eigenvalue weighted by Crippen LogP contribution is -2.32. The Kier molecular flexibility index (Phi) is 4.51. The number of benzene rings is 2. The molecule has 0 amide bonds. The molecule has 0 radical (unpaired) electrons. The second-order valence-corrected chi connectivity index (χ2v) is 8.66. The van der Waals surface area contributed by atoms with E-state index in [1.807, 2.05) is 30.3 Å². The van der Waals surface area contributed by atoms with E-state index in [9.17, 15) is 19.0 Å². The van der Waals surface area contributed by atoms with E-state index in [1.165, 1.54) is 10.8 Å². The van der Waals surface area contributed by atoms with Crippen LogP contribution in [-0.2, 0) is 6.54 Å². The molecule has 0 spiro atoms. The van der Waals surface area contributed by atoms with Gasteiger partial charge in [-0.15, -0.1) is 4.40 Å². The second kappa shape index (κ2) is 7.24. The molecule has 9 heteroatoms. The summed E-state index contributed by atoms with van der Waals surface area (Å²) in [6.45, 7) is 0.273. The molecule has 0 unspecified atom stereocenters. The average molecular weight is 434 g/mol. The summed E-state index contributed by atoms with van der Waals surface area (Å²) < 4.78 is 26.5. The molecule has 5 rings (SSSR count). The number of hydrogen-bond donors (Lipinski definition) is 4. The van der Waals surface area contributed by atoms with Gasteiger partial charge >= 0.3 is 0 Å². The molecule has 8 nitrogen and oxygen atoms in total. The zero-order chi connectivity index (χ0) is 21.6. The number of rotatable bonds is 3. The lowest BCUT2D eigenvalue weighted by molar-refractivity contribution is 0.477. The number of nitrogens with one attached hydrogen (secondary N) is 1. The number of para-hydroxylation sites is 1. The fourth-order valence-corrected chi connectivity index (χ4v) is 4.75. The van der Waals surface area contributed by atoms with Crippen LogP contribution in [0.2, 0.25) is 0 Å². The topological polar surface area (TPSA) is 120 Å². The van der Waals surface area contributed by atoms with Crippen LogP contribution < -0.4 is 10.9 Å². The lowest BCUT2D eigenvalue weighted by atomic mass is 10.1. The molecule has 156 valence electrons. The zero-order valence-corrected chi connectivity index (χ0v) is 17.0. The van der Waals surface area contributed by atoms with Crippen molar-refractivity contribution in [1.82, 2.24) is 9.55 Å². The molecule has 1 aliphatic heterocycles. The number of aromatic hydroxyl groups is 1. The molecule has 4 N–H and O–H groups in total. The minimum atomic E-state index is -3.64. The van der Waals surface area contributed by atoms with E-state index in [2.05, 4.69) is 14.7 Å². The van der Waals surface area contributed by atoms with Gasteiger partial charge in [-0.3, -0.25) is 13.9 Å². The average Bonchev–Trinajstić information content (AvgIpc) is 2.77. The van der Waals surface area contributed by atoms with E-state index in [0.717, 1.165) is 5.56 Å². The third-order valence-electron chi connectivity index (χ3n) is 5.07. The number of anilines is 1. The van der Waals surface area contributed by atoms with Gasteiger partial charge in [0.25, 0.3) is 5.56 Å². The van der Waals surface area contributed by atoms with Gasteiger partial charge in [0.2, 0.25) is 0 Å². The molecule has 3 heterocycles. The molecule has 0 fully saturated rings. The Labute approximate surface area is 178 Å². The van der Waals surface area contributed by atoms with Crippen LogP contribution in [0.5, 0.6) is 5.75 Å². The lowest BCUT2D eigenvalue weighted by Gasteiger charge is -2.32. The molecule has 0 aliphatic carbocycles. The summed E-state index contributed by atoms with van der Waals surface area (Å²) in [7, 11) is -3.64. The van der Waals surface area contributed by atoms with Gasteiger partial charge in [-0.2, -0.15) is 0 Å². The fraction of sp³-hybridized carbons (Fsp3) is 0.0455. The number of fused-ring (bicyclic) bond motifs is 2. The van der Waals surface area contributed by atoms with Gasteiger partial charge < -0.3 is 15.0 Å². The van der Waals surface area contributed by atoms with E-state index in [-0.39, 0.29) is 28.7 Å². The van der Waals surface area contributed by atoms with Crippen LogP contribution in [0.3, 0.4) is 0 Å². The van der Waals surface area contributed by atoms with Crippen LogP contribution in [0, 0.1) is 0 Å². The van der Waals surface area contributed by atoms with Crippen LogP contribution in [0.1, 0.15) is 11.1 Å². The van der Waals surface area contributed by atoms with E-state index in [1.54, 1.807) is 36.4 Å². The van der Waals surface area contributed by atoms with Gasteiger partial charge in [0.15, 0.2) is 10.9 Å². The maximum absolute atomic E-state index is 13.5. The monoisotopic (exact) mass is 434 g/mol. The van der Waals surface area contributed by atoms with Crippen LogP contribution in [0.15, 0.2) is 87.1 Å². The first-order chi connectivity index (χ1) is 15.0. The number of aromatic nitrogens is 2. The Morgan fingerprint density at radius 3 is 2.52 bits per heavy atom. The number of nitrogens with zero attached hydrogens (tertiary/aromatic N) is 3. The van der Waals surface area contributed by atoms with Gasteiger partial charge in [0.1, 0.15) is 11.3 Å². The molecule has 0 atom stereocenters. The summed E-state index contributed by atoms with van der Waals surface area (Å²) in [4.78, 5) is 17.5. The molecule has 31 heavy (non-hydrogen) atoms. The van der Waals surface area contributed by atoms with E-state index >= 15 is 0 Å². The number of hydrogen-bond acceptors (Lipinski definition) is 7. The molecule has 1 aliphatic rings. The Morgan fingerprint density at radius 1 is 0.968 bits per heavy atom. The van der Waals surface area contributed by atoms with Gasteiger partial charge in [-0.05, 0) is 40.6 Å². The summed E-state index contributed by atoms with van der Waals surface area (Å²) in [6.07, 6.45) is 1.43. The standard InChI is InChI=1S/C22H18N4O4S/c27-19-15-9-4-5-11-17(15)26(13-14-7-2-1-3-8-14)22(28)18(19)20-24-16-10-6-12-23-21(16)31(29,30)25-20/h1-12,27,29-30H,13H2,(H,24,25). The van der Waals surface area contributed by atoms with Crippen molar-refractivity contribution in [1.29, 1.82) is 0 Å². The Balaban J connectivity index is 1.75. The summed E-state index contributed by atoms with van der Waals surface area (Å²) in [5.74, 6) is -0.394. The predicted octanol–water partition coefficient (Wildman–Crippen LogP) is 4.05. The van der Waals surface area contributed by atoms with Crippen molar-refractivity contribution in [3.63, 3.8) is 0 Å². The van der Waals surface area contributed by atoms with Gasteiger partial charge in [-0.1, -0.05) is 42.5 Å². The number of amidine groups is 1. The van der Waals surface area contributed by atoms with Crippen LogP contribution >= 0.6 is 10.8 Å². The molecule has 0 saturated carbocycles. The minimum Gasteiger partial charge on any atom is -0.506 e. The van der Waals surface area contributed by atoms with Gasteiger partial charge in [-0.25, -0.2) is 4.98 Å². The predicted molar refractivity (Wildman–Crippen MR) is 121 cm³/mol. The maximum atomic E-state index is 13.5. The molecule has 0 saturated heterocycles. The molecular formula is C22H18N4O4S. The highest BCUT2D eigenvalue weighted by atomic mass is 32.3. The Hall–Kier alpha value is -3.66. The quantitative estimate of drug-likeness (QED) is 0.386. The zero-order valence-electron chi connectivity index (χ0n) is 16.1. The first-order valence-corrected chi connectivity index (χ1v) is 10.9. The summed E-state index contributed by atoms with van der Waals surface area (Å²) in [6, 6.07) is 19.7. The van der Waals surface area contributed by atoms with Crippen molar-refractivity contribution in [2.75, 3.05) is 5.32 Å². The van der Waals surface area contributed by atoms with Crippen molar-refractivity contribution in [2.45, 2.75) is 11.6 Å². The third kappa shape index (κ3) is 3.25. The van der Waals surface area contributed by atoms with Crippen molar-refractivity contribution < 1.29 is 14.2 Å². The minimum absolute atomic E-state index is 0.0105. The van der Waals surface area contributed by atoms with Crippen molar-refractivity contribution in [3.8, 4) is 5.75 Å². The largest absolute Gasteiger partial charge is 0.506 e. The summed E-state index contributed by atoms with van der Waals surface area (Å²) in [5.41, 5.74) is 1.14. The van der Waals surface area contributed by atoms with Crippen molar-refractivity contribution in [2.24, 2.45) is 4.40 Å². The molecular weight excluding hydrogens is 416 g/mol. The highest BCUT2D eigenvalue weighted by Crippen LogP contribution is 2.54. The second-order valence-electron chi connectivity index (χ2n) is 7.06. The highest BCUT2D eigenvalue weighted by Gasteiger charge is 2.31. The third-order valence-corrected chi connectivity index (χ3v) is 6.35. The Morgan fingerprint density at radius 2 is 1.71 bits per heavy atom. The summed E-state index contributed by atoms with van der Waals surface area (Å²) >= 11 is 0. The van der Waals surface area contributed by atoms with E-state index in [4.69, 9.17) is 0 Å². The van der Waals surface area contributed by atoms with Gasteiger partial charge in [0.05, 0.1) is 17.7 Å². The SMILES string of the molecule is O=c1c(C2=NS(O)(O)c3ncccc3N2)c(O)c2ccccc2n1Cc1ccccc1. The first-order valence-electron chi connectivity index (χ1n) is 9.45.